The summed E-state index contributed by atoms with van der Waals surface area (Å²) in [5.41, 5.74) is 2.73. The summed E-state index contributed by atoms with van der Waals surface area (Å²) in [7, 11) is 1.66. The van der Waals surface area contributed by atoms with Crippen molar-refractivity contribution in [2.24, 2.45) is 17.8 Å². The number of hydrogen-bond acceptors (Lipinski definition) is 6. The first-order valence-corrected chi connectivity index (χ1v) is 15.6. The third kappa shape index (κ3) is 7.57. The van der Waals surface area contributed by atoms with Gasteiger partial charge in [0.05, 0.1) is 50.6 Å². The number of piperidine rings is 1. The third-order valence-electron chi connectivity index (χ3n) is 8.98. The molecule has 8 heteroatoms. The Balaban J connectivity index is 1.22. The maximum atomic E-state index is 13.9. The highest BCUT2D eigenvalue weighted by atomic mass is 16.5. The second kappa shape index (κ2) is 13.8. The fourth-order valence-corrected chi connectivity index (χ4v) is 6.53. The number of amides is 1. The van der Waals surface area contributed by atoms with Gasteiger partial charge in [-0.2, -0.15) is 0 Å². The van der Waals surface area contributed by atoms with Crippen molar-refractivity contribution in [3.8, 4) is 11.5 Å². The number of anilines is 1. The molecule has 1 amide bonds. The van der Waals surface area contributed by atoms with E-state index >= 15 is 0 Å². The Morgan fingerprint density at radius 1 is 1.02 bits per heavy atom. The highest BCUT2D eigenvalue weighted by Crippen LogP contribution is 2.45. The van der Waals surface area contributed by atoms with Crippen molar-refractivity contribution in [2.75, 3.05) is 51.5 Å². The van der Waals surface area contributed by atoms with Crippen LogP contribution in [-0.4, -0.2) is 74.5 Å². The molecule has 2 atom stereocenters. The molecule has 0 bridgehead atoms. The van der Waals surface area contributed by atoms with E-state index in [1.807, 2.05) is 47.4 Å². The van der Waals surface area contributed by atoms with E-state index < -0.39 is 5.97 Å². The average molecular weight is 579 g/mol. The molecule has 2 aromatic rings. The summed E-state index contributed by atoms with van der Waals surface area (Å²) in [5.74, 6) is 2.31. The summed E-state index contributed by atoms with van der Waals surface area (Å²) in [6.07, 6.45) is 5.22. The van der Waals surface area contributed by atoms with Crippen molar-refractivity contribution in [3.63, 3.8) is 0 Å². The summed E-state index contributed by atoms with van der Waals surface area (Å²) in [6.45, 7) is 8.44. The number of aliphatic carboxylic acids is 1. The van der Waals surface area contributed by atoms with Crippen molar-refractivity contribution in [1.29, 1.82) is 0 Å². The molecule has 1 saturated carbocycles. The number of nitrogens with zero attached hydrogens (tertiary/aromatic N) is 2. The lowest BCUT2D eigenvalue weighted by molar-refractivity contribution is -0.137. The Kier molecular flexibility index (Phi) is 9.93. The third-order valence-corrected chi connectivity index (χ3v) is 8.98. The van der Waals surface area contributed by atoms with E-state index in [2.05, 4.69) is 18.7 Å². The van der Waals surface area contributed by atoms with Gasteiger partial charge in [-0.15, -0.1) is 0 Å². The predicted octanol–water partition coefficient (Wildman–Crippen LogP) is 5.85. The molecule has 228 valence electrons. The van der Waals surface area contributed by atoms with Gasteiger partial charge in [0, 0.05) is 25.7 Å². The molecule has 0 radical (unpaired) electrons. The molecule has 3 aliphatic rings. The second-order valence-corrected chi connectivity index (χ2v) is 12.6. The topological polar surface area (TPSA) is 88.5 Å². The maximum Gasteiger partial charge on any atom is 0.303 e. The summed E-state index contributed by atoms with van der Waals surface area (Å²) in [6, 6.07) is 13.9. The predicted molar refractivity (Wildman–Crippen MR) is 163 cm³/mol. The number of ether oxygens (including phenoxy) is 3. The van der Waals surface area contributed by atoms with Crippen LogP contribution in [0.2, 0.25) is 0 Å². The number of carboxylic acid groups (broad SMARTS) is 1. The quantitative estimate of drug-likeness (QED) is 0.338. The van der Waals surface area contributed by atoms with E-state index in [1.54, 1.807) is 7.11 Å². The molecule has 0 aromatic heterocycles. The fraction of sp³-hybridized carbons (Fsp3) is 0.588. The number of hydrogen-bond donors (Lipinski definition) is 1. The fourth-order valence-electron chi connectivity index (χ4n) is 6.53. The van der Waals surface area contributed by atoms with Crippen LogP contribution in [0, 0.1) is 17.8 Å². The molecule has 2 saturated heterocycles. The standard InChI is InChI=1S/C34H46N2O6/c1-23(2)17-27-22-41-16-15-36(27)34(39)30-10-9-28(40-3)19-32(30)35-13-11-24(12-14-35)21-42-29-6-4-5-26(18-29)31(20-33(37)38)25-7-8-25/h4-6,9-10,18-19,23-25,27,31H,7-8,11-17,20-22H2,1-3H3,(H,37,38)/t27-,31?/m1/s1. The molecule has 0 spiro atoms. The first-order chi connectivity index (χ1) is 20.3. The lowest BCUT2D eigenvalue weighted by Crippen LogP contribution is -2.49. The van der Waals surface area contributed by atoms with Crippen molar-refractivity contribution in [1.82, 2.24) is 4.90 Å². The molecule has 2 aromatic carbocycles. The molecule has 1 N–H and O–H groups in total. The zero-order valence-corrected chi connectivity index (χ0v) is 25.3. The zero-order chi connectivity index (χ0) is 29.6. The summed E-state index contributed by atoms with van der Waals surface area (Å²) >= 11 is 0. The van der Waals surface area contributed by atoms with Gasteiger partial charge in [-0.1, -0.05) is 26.0 Å². The van der Waals surface area contributed by atoms with Crippen LogP contribution in [0.15, 0.2) is 42.5 Å². The van der Waals surface area contributed by atoms with Crippen LogP contribution >= 0.6 is 0 Å². The molecule has 3 fully saturated rings. The highest BCUT2D eigenvalue weighted by molar-refractivity contribution is 6.00. The number of morpholine rings is 1. The normalized spacial score (nSPS) is 20.4. The Hall–Kier alpha value is -3.26. The smallest absolute Gasteiger partial charge is 0.303 e. The number of methoxy groups -OCH3 is 1. The van der Waals surface area contributed by atoms with Gasteiger partial charge in [0.1, 0.15) is 11.5 Å². The van der Waals surface area contributed by atoms with E-state index in [0.29, 0.717) is 44.1 Å². The van der Waals surface area contributed by atoms with Gasteiger partial charge in [-0.05, 0) is 85.6 Å². The first kappa shape index (κ1) is 30.2. The molecule has 5 rings (SSSR count). The van der Waals surface area contributed by atoms with E-state index in [1.165, 1.54) is 0 Å². The molecule has 8 nitrogen and oxygen atoms in total. The van der Waals surface area contributed by atoms with Gasteiger partial charge >= 0.3 is 5.97 Å². The minimum atomic E-state index is -0.744. The largest absolute Gasteiger partial charge is 0.497 e. The van der Waals surface area contributed by atoms with Gasteiger partial charge in [-0.3, -0.25) is 9.59 Å². The number of benzene rings is 2. The summed E-state index contributed by atoms with van der Waals surface area (Å²) in [5, 5.41) is 9.39. The van der Waals surface area contributed by atoms with Gasteiger partial charge in [0.15, 0.2) is 0 Å². The van der Waals surface area contributed by atoms with Crippen molar-refractivity contribution in [2.45, 2.75) is 64.3 Å². The van der Waals surface area contributed by atoms with Crippen LogP contribution in [-0.2, 0) is 9.53 Å². The van der Waals surface area contributed by atoms with E-state index in [0.717, 1.165) is 73.5 Å². The lowest BCUT2D eigenvalue weighted by atomic mass is 9.91. The monoisotopic (exact) mass is 578 g/mol. The minimum Gasteiger partial charge on any atom is -0.497 e. The molecule has 42 heavy (non-hydrogen) atoms. The van der Waals surface area contributed by atoms with Crippen LogP contribution in [0.25, 0.3) is 0 Å². The SMILES string of the molecule is COc1ccc(C(=O)N2CCOC[C@H]2CC(C)C)c(N2CCC(COc3cccc(C(CC(=O)O)C4CC4)c3)CC2)c1. The number of carbonyl (C=O) groups is 2. The van der Waals surface area contributed by atoms with Gasteiger partial charge in [0.25, 0.3) is 5.91 Å². The molecule has 1 unspecified atom stereocenters. The second-order valence-electron chi connectivity index (χ2n) is 12.6. The highest BCUT2D eigenvalue weighted by Gasteiger charge is 2.34. The lowest BCUT2D eigenvalue weighted by Gasteiger charge is -2.38. The maximum absolute atomic E-state index is 13.9. The van der Waals surface area contributed by atoms with Crippen molar-refractivity contribution < 1.29 is 28.9 Å². The van der Waals surface area contributed by atoms with E-state index in [9.17, 15) is 14.7 Å². The number of carboxylic acids is 1. The Morgan fingerprint density at radius 2 is 1.81 bits per heavy atom. The van der Waals surface area contributed by atoms with Gasteiger partial charge in [-0.25, -0.2) is 0 Å². The minimum absolute atomic E-state index is 0.0622. The zero-order valence-electron chi connectivity index (χ0n) is 25.3. The summed E-state index contributed by atoms with van der Waals surface area (Å²) < 4.78 is 17.5. The van der Waals surface area contributed by atoms with E-state index in [4.69, 9.17) is 14.2 Å². The van der Waals surface area contributed by atoms with Crippen LogP contribution in [0.5, 0.6) is 11.5 Å². The van der Waals surface area contributed by atoms with Crippen molar-refractivity contribution >= 4 is 17.6 Å². The number of rotatable bonds is 12. The van der Waals surface area contributed by atoms with E-state index in [-0.39, 0.29) is 24.3 Å². The van der Waals surface area contributed by atoms with Gasteiger partial charge < -0.3 is 29.1 Å². The number of carbonyl (C=O) groups excluding carboxylic acids is 1. The summed E-state index contributed by atoms with van der Waals surface area (Å²) in [4.78, 5) is 29.7. The van der Waals surface area contributed by atoms with Crippen LogP contribution in [0.1, 0.15) is 74.2 Å². The molecular weight excluding hydrogens is 532 g/mol. The molecular formula is C34H46N2O6. The molecule has 2 heterocycles. The first-order valence-electron chi connectivity index (χ1n) is 15.6. The Labute approximate surface area is 249 Å². The molecule has 2 aliphatic heterocycles. The molecule has 1 aliphatic carbocycles. The van der Waals surface area contributed by atoms with Crippen LogP contribution in [0.4, 0.5) is 5.69 Å². The van der Waals surface area contributed by atoms with Crippen molar-refractivity contribution in [3.05, 3.63) is 53.6 Å². The average Bonchev–Trinajstić information content (AvgIpc) is 3.84. The Bertz CT molecular complexity index is 1220. The van der Waals surface area contributed by atoms with Crippen LogP contribution < -0.4 is 14.4 Å². The van der Waals surface area contributed by atoms with Gasteiger partial charge in [0.2, 0.25) is 0 Å². The Morgan fingerprint density at radius 3 is 2.50 bits per heavy atom. The van der Waals surface area contributed by atoms with Crippen LogP contribution in [0.3, 0.4) is 0 Å².